The predicted molar refractivity (Wildman–Crippen MR) is 215 cm³/mol. The van der Waals surface area contributed by atoms with Crippen molar-refractivity contribution < 1.29 is 19.5 Å². The maximum atomic E-state index is 13.2. The van der Waals surface area contributed by atoms with E-state index in [0.29, 0.717) is 42.0 Å². The highest BCUT2D eigenvalue weighted by Gasteiger charge is 2.40. The van der Waals surface area contributed by atoms with Crippen LogP contribution >= 0.6 is 0 Å². The monoisotopic (exact) mass is 737 g/mol. The second kappa shape index (κ2) is 14.8. The van der Waals surface area contributed by atoms with Crippen LogP contribution in [0.5, 0.6) is 5.75 Å². The zero-order chi connectivity index (χ0) is 37.6. The summed E-state index contributed by atoms with van der Waals surface area (Å²) >= 11 is 0. The number of phenolic OH excluding ortho intramolecular Hbond substituents is 1. The lowest BCUT2D eigenvalue weighted by Crippen LogP contribution is -2.52. The number of nitrogens with one attached hydrogen (secondary N) is 1. The van der Waals surface area contributed by atoms with Gasteiger partial charge < -0.3 is 19.8 Å². The Morgan fingerprint density at radius 1 is 0.727 bits per heavy atom. The number of hydrogen-bond donors (Lipinski definition) is 2. The molecule has 0 spiro atoms. The summed E-state index contributed by atoms with van der Waals surface area (Å²) in [6.45, 7) is 9.99. The fourth-order valence-corrected chi connectivity index (χ4v) is 10.2. The van der Waals surface area contributed by atoms with Crippen LogP contribution in [0.2, 0.25) is 0 Å². The third-order valence-corrected chi connectivity index (χ3v) is 13.2. The highest BCUT2D eigenvalue weighted by Crippen LogP contribution is 2.49. The van der Waals surface area contributed by atoms with Crippen molar-refractivity contribution in [1.29, 1.82) is 0 Å². The second-order valence-corrected chi connectivity index (χ2v) is 16.5. The first-order chi connectivity index (χ1) is 26.8. The molecule has 4 aromatic rings. The van der Waals surface area contributed by atoms with Crippen LogP contribution in [0, 0.1) is 11.8 Å². The number of fused-ring (bicyclic) bond motifs is 2. The number of benzene rings is 4. The fraction of sp³-hybridized carbons (Fsp3) is 0.413. The molecule has 1 aliphatic carbocycles. The van der Waals surface area contributed by atoms with Gasteiger partial charge in [-0.05, 0) is 114 Å². The number of anilines is 2. The second-order valence-electron chi connectivity index (χ2n) is 16.5. The van der Waals surface area contributed by atoms with E-state index in [1.54, 1.807) is 4.90 Å². The summed E-state index contributed by atoms with van der Waals surface area (Å²) < 4.78 is 0. The van der Waals surface area contributed by atoms with Gasteiger partial charge in [0.2, 0.25) is 11.8 Å². The van der Waals surface area contributed by atoms with E-state index >= 15 is 0 Å². The highest BCUT2D eigenvalue weighted by atomic mass is 16.3. The van der Waals surface area contributed by atoms with Crippen molar-refractivity contribution in [3.05, 3.63) is 124 Å². The number of hydrogen-bond acceptors (Lipinski definition) is 7. The van der Waals surface area contributed by atoms with Gasteiger partial charge in [0.1, 0.15) is 11.8 Å². The van der Waals surface area contributed by atoms with E-state index < -0.39 is 6.04 Å². The highest BCUT2D eigenvalue weighted by molar-refractivity contribution is 6.05. The Morgan fingerprint density at radius 3 is 2.20 bits per heavy atom. The third-order valence-electron chi connectivity index (χ3n) is 13.2. The molecule has 2 N–H and O–H groups in total. The van der Waals surface area contributed by atoms with E-state index in [1.807, 2.05) is 24.3 Å². The standard InChI is InChI=1S/C46H51N5O4/c1-30-25-34-27-38(52)12-14-39(34)44(43(30)32-5-3-2-4-6-32)33-7-9-36(10-8-33)49-19-17-31(18-20-49)28-48-21-23-50(24-22-48)37-11-13-40-35(26-37)29-51(46(40)55)41-15-16-42(53)47-45(41)54/h2-14,26-27,30-31,41,43-44,52H,15-25,28-29H2,1H3,(H,47,53,54)/t30-,41+,43+,44+/m1/s1. The molecule has 5 aliphatic rings. The number of piperidine rings is 2. The van der Waals surface area contributed by atoms with Crippen LogP contribution in [0.3, 0.4) is 0 Å². The van der Waals surface area contributed by atoms with Crippen molar-refractivity contribution in [2.45, 2.75) is 63.5 Å². The van der Waals surface area contributed by atoms with Crippen LogP contribution in [0.4, 0.5) is 11.4 Å². The van der Waals surface area contributed by atoms with Gasteiger partial charge >= 0.3 is 0 Å². The van der Waals surface area contributed by atoms with Gasteiger partial charge in [0.15, 0.2) is 0 Å². The van der Waals surface area contributed by atoms with Gasteiger partial charge in [-0.1, -0.05) is 55.5 Å². The van der Waals surface area contributed by atoms with Gasteiger partial charge in [0.25, 0.3) is 5.91 Å². The zero-order valence-corrected chi connectivity index (χ0v) is 31.7. The summed E-state index contributed by atoms with van der Waals surface area (Å²) in [5.41, 5.74) is 9.38. The molecule has 0 bridgehead atoms. The lowest BCUT2D eigenvalue weighted by Gasteiger charge is -2.40. The number of carbonyl (C=O) groups excluding carboxylic acids is 3. The largest absolute Gasteiger partial charge is 0.508 e. The van der Waals surface area contributed by atoms with Gasteiger partial charge in [-0.3, -0.25) is 24.6 Å². The predicted octanol–water partition coefficient (Wildman–Crippen LogP) is 6.30. The van der Waals surface area contributed by atoms with Crippen LogP contribution in [-0.2, 0) is 22.6 Å². The Labute approximate surface area is 323 Å². The van der Waals surface area contributed by atoms with Crippen LogP contribution < -0.4 is 15.1 Å². The zero-order valence-electron chi connectivity index (χ0n) is 31.7. The molecular weight excluding hydrogens is 687 g/mol. The number of aromatic hydroxyl groups is 1. The van der Waals surface area contributed by atoms with Crippen molar-refractivity contribution in [2.24, 2.45) is 11.8 Å². The van der Waals surface area contributed by atoms with E-state index in [9.17, 15) is 19.5 Å². The number of piperazine rings is 1. The Hall–Kier alpha value is -5.15. The molecule has 4 atom stereocenters. The van der Waals surface area contributed by atoms with E-state index in [4.69, 9.17) is 0 Å². The summed E-state index contributed by atoms with van der Waals surface area (Å²) in [5.74, 6) is 1.35. The van der Waals surface area contributed by atoms with Crippen molar-refractivity contribution in [2.75, 3.05) is 55.6 Å². The molecule has 4 heterocycles. The quantitative estimate of drug-likeness (QED) is 0.215. The van der Waals surface area contributed by atoms with Crippen molar-refractivity contribution in [3.63, 3.8) is 0 Å². The first kappa shape index (κ1) is 35.5. The molecule has 9 nitrogen and oxygen atoms in total. The van der Waals surface area contributed by atoms with Crippen LogP contribution in [-0.4, -0.2) is 84.5 Å². The Kier molecular flexibility index (Phi) is 9.58. The van der Waals surface area contributed by atoms with Gasteiger partial charge in [-0.2, -0.15) is 0 Å². The molecule has 3 saturated heterocycles. The van der Waals surface area contributed by atoms with E-state index in [2.05, 4.69) is 93.7 Å². The number of nitrogens with zero attached hydrogens (tertiary/aromatic N) is 4. The van der Waals surface area contributed by atoms with Gasteiger partial charge in [-0.15, -0.1) is 0 Å². The lowest BCUT2D eigenvalue weighted by atomic mass is 9.64. The summed E-state index contributed by atoms with van der Waals surface area (Å²) in [4.78, 5) is 46.5. The number of carbonyl (C=O) groups is 3. The van der Waals surface area contributed by atoms with E-state index in [-0.39, 0.29) is 30.1 Å². The lowest BCUT2D eigenvalue weighted by molar-refractivity contribution is -0.136. The molecule has 3 amide bonds. The summed E-state index contributed by atoms with van der Waals surface area (Å²) in [6, 6.07) is 31.8. The van der Waals surface area contributed by atoms with Crippen LogP contribution in [0.25, 0.3) is 0 Å². The number of amides is 3. The Balaban J connectivity index is 0.788. The average molecular weight is 738 g/mol. The first-order valence-electron chi connectivity index (χ1n) is 20.3. The molecule has 55 heavy (non-hydrogen) atoms. The minimum absolute atomic E-state index is 0.122. The van der Waals surface area contributed by atoms with E-state index in [1.165, 1.54) is 40.8 Å². The third kappa shape index (κ3) is 6.99. The molecule has 9 rings (SSSR count). The van der Waals surface area contributed by atoms with Crippen LogP contribution in [0.1, 0.15) is 82.6 Å². The SMILES string of the molecule is C[C@@H]1Cc2cc(O)ccc2[C@H](c2ccc(N3CCC(CN4CCN(c5ccc6c(c5)CN([C@H]5CCC(=O)NC5=O)C6=O)CC4)CC3)cc2)[C@@H]1c1ccccc1. The van der Waals surface area contributed by atoms with Crippen molar-refractivity contribution >= 4 is 29.1 Å². The summed E-state index contributed by atoms with van der Waals surface area (Å²) in [5, 5.41) is 12.7. The van der Waals surface area contributed by atoms with Gasteiger partial charge in [0, 0.05) is 81.6 Å². The molecule has 0 aromatic heterocycles. The topological polar surface area (TPSA) is 96.4 Å². The number of phenols is 1. The molecule has 284 valence electrons. The number of rotatable bonds is 7. The molecular formula is C46H51N5O4. The normalized spacial score (nSPS) is 24.8. The van der Waals surface area contributed by atoms with Crippen LogP contribution in [0.15, 0.2) is 91.0 Å². The van der Waals surface area contributed by atoms with Gasteiger partial charge in [0.05, 0.1) is 0 Å². The molecule has 0 radical (unpaired) electrons. The summed E-state index contributed by atoms with van der Waals surface area (Å²) in [7, 11) is 0. The van der Waals surface area contributed by atoms with E-state index in [0.717, 1.165) is 63.5 Å². The van der Waals surface area contributed by atoms with Gasteiger partial charge in [-0.25, -0.2) is 0 Å². The molecule has 0 unspecified atom stereocenters. The first-order valence-corrected chi connectivity index (χ1v) is 20.3. The Bertz CT molecular complexity index is 2070. The Morgan fingerprint density at radius 2 is 1.45 bits per heavy atom. The minimum atomic E-state index is -0.586. The fourth-order valence-electron chi connectivity index (χ4n) is 10.2. The van der Waals surface area contributed by atoms with Crippen molar-refractivity contribution in [1.82, 2.24) is 15.1 Å². The maximum Gasteiger partial charge on any atom is 0.255 e. The summed E-state index contributed by atoms with van der Waals surface area (Å²) in [6.07, 6.45) is 3.99. The van der Waals surface area contributed by atoms with Crippen molar-refractivity contribution in [3.8, 4) is 5.75 Å². The molecule has 9 heteroatoms. The maximum absolute atomic E-state index is 13.2. The molecule has 4 aromatic carbocycles. The number of imide groups is 1. The molecule has 4 aliphatic heterocycles. The molecule has 3 fully saturated rings. The molecule has 0 saturated carbocycles. The minimum Gasteiger partial charge on any atom is -0.508 e. The smallest absolute Gasteiger partial charge is 0.255 e. The average Bonchev–Trinajstić information content (AvgIpc) is 3.53.